The highest BCUT2D eigenvalue weighted by molar-refractivity contribution is 5.79. The fourth-order valence-electron chi connectivity index (χ4n) is 3.39. The van der Waals surface area contributed by atoms with Crippen molar-refractivity contribution in [2.24, 2.45) is 10.9 Å². The molecular weight excluding hydrogens is 368 g/mol. The average Bonchev–Trinajstić information content (AvgIpc) is 3.30. The SMILES string of the molecule is C=C(C)N=Cc1[nH]c(=O)n([C@H](C)c2cc(O)ccc2O)c1C.CC[C@@H]1CCNC1. The van der Waals surface area contributed by atoms with Gasteiger partial charge in [-0.3, -0.25) is 9.56 Å². The molecule has 2 aromatic rings. The van der Waals surface area contributed by atoms with Gasteiger partial charge in [-0.1, -0.05) is 19.9 Å². The molecule has 1 aromatic heterocycles. The molecule has 4 N–H and O–H groups in total. The maximum atomic E-state index is 12.2. The lowest BCUT2D eigenvalue weighted by Gasteiger charge is -2.16. The normalized spacial score (nSPS) is 17.2. The quantitative estimate of drug-likeness (QED) is 0.456. The molecule has 0 bridgehead atoms. The molecule has 3 rings (SSSR count). The van der Waals surface area contributed by atoms with Crippen LogP contribution in [0.2, 0.25) is 0 Å². The van der Waals surface area contributed by atoms with Crippen molar-refractivity contribution in [3.8, 4) is 11.5 Å². The average molecular weight is 401 g/mol. The number of nitrogens with zero attached hydrogens (tertiary/aromatic N) is 2. The molecule has 0 unspecified atom stereocenters. The molecule has 1 aliphatic heterocycles. The van der Waals surface area contributed by atoms with E-state index in [1.54, 1.807) is 27.0 Å². The van der Waals surface area contributed by atoms with E-state index >= 15 is 0 Å². The summed E-state index contributed by atoms with van der Waals surface area (Å²) in [6.07, 6.45) is 4.30. The second kappa shape index (κ2) is 10.1. The van der Waals surface area contributed by atoms with Gasteiger partial charge in [0.2, 0.25) is 0 Å². The molecule has 1 fully saturated rings. The number of H-pyrrole nitrogens is 1. The zero-order valence-electron chi connectivity index (χ0n) is 17.7. The van der Waals surface area contributed by atoms with Crippen molar-refractivity contribution in [1.29, 1.82) is 0 Å². The summed E-state index contributed by atoms with van der Waals surface area (Å²) in [5, 5.41) is 22.9. The number of aromatic amines is 1. The lowest BCUT2D eigenvalue weighted by Crippen LogP contribution is -2.22. The summed E-state index contributed by atoms with van der Waals surface area (Å²) in [6, 6.07) is 3.80. The van der Waals surface area contributed by atoms with E-state index < -0.39 is 6.04 Å². The van der Waals surface area contributed by atoms with E-state index in [0.29, 0.717) is 22.6 Å². The lowest BCUT2D eigenvalue weighted by atomic mass is 10.1. The van der Waals surface area contributed by atoms with Gasteiger partial charge in [0.25, 0.3) is 0 Å². The van der Waals surface area contributed by atoms with Crippen molar-refractivity contribution in [1.82, 2.24) is 14.9 Å². The minimum absolute atomic E-state index is 0.0231. The van der Waals surface area contributed by atoms with Gasteiger partial charge in [-0.15, -0.1) is 0 Å². The largest absolute Gasteiger partial charge is 0.508 e. The van der Waals surface area contributed by atoms with Crippen molar-refractivity contribution in [2.45, 2.75) is 46.6 Å². The maximum Gasteiger partial charge on any atom is 0.326 e. The van der Waals surface area contributed by atoms with E-state index in [-0.39, 0.29) is 17.2 Å². The third-order valence-corrected chi connectivity index (χ3v) is 5.21. The van der Waals surface area contributed by atoms with Crippen LogP contribution in [-0.4, -0.2) is 39.1 Å². The Kier molecular flexibility index (Phi) is 7.84. The number of aromatic nitrogens is 2. The van der Waals surface area contributed by atoms with Crippen LogP contribution in [0.25, 0.3) is 0 Å². The molecule has 29 heavy (non-hydrogen) atoms. The Morgan fingerprint density at radius 3 is 2.72 bits per heavy atom. The van der Waals surface area contributed by atoms with Gasteiger partial charge in [0.05, 0.1) is 18.0 Å². The summed E-state index contributed by atoms with van der Waals surface area (Å²) in [4.78, 5) is 19.0. The first-order valence-electron chi connectivity index (χ1n) is 9.97. The van der Waals surface area contributed by atoms with Gasteiger partial charge < -0.3 is 20.5 Å². The van der Waals surface area contributed by atoms with E-state index in [1.807, 2.05) is 0 Å². The summed E-state index contributed by atoms with van der Waals surface area (Å²) in [7, 11) is 0. The number of benzene rings is 1. The lowest BCUT2D eigenvalue weighted by molar-refractivity contribution is 0.442. The van der Waals surface area contributed by atoms with Gasteiger partial charge in [0, 0.05) is 17.0 Å². The van der Waals surface area contributed by atoms with Crippen LogP contribution in [0.4, 0.5) is 0 Å². The summed E-state index contributed by atoms with van der Waals surface area (Å²) in [5.74, 6) is 1.04. The summed E-state index contributed by atoms with van der Waals surface area (Å²) >= 11 is 0. The minimum atomic E-state index is -0.442. The Hall–Kier alpha value is -2.80. The van der Waals surface area contributed by atoms with Crippen molar-refractivity contribution in [3.05, 3.63) is 57.9 Å². The highest BCUT2D eigenvalue weighted by atomic mass is 16.3. The van der Waals surface area contributed by atoms with Crippen molar-refractivity contribution in [2.75, 3.05) is 13.1 Å². The van der Waals surface area contributed by atoms with Gasteiger partial charge in [-0.25, -0.2) is 4.79 Å². The number of imidazole rings is 1. The first-order valence-corrected chi connectivity index (χ1v) is 9.97. The van der Waals surface area contributed by atoms with Crippen LogP contribution in [0, 0.1) is 12.8 Å². The number of phenolic OH excluding ortho intramolecular Hbond substituents is 2. The van der Waals surface area contributed by atoms with Crippen molar-refractivity contribution in [3.63, 3.8) is 0 Å². The van der Waals surface area contributed by atoms with Crippen LogP contribution in [0.5, 0.6) is 11.5 Å². The summed E-state index contributed by atoms with van der Waals surface area (Å²) < 4.78 is 1.51. The fourth-order valence-corrected chi connectivity index (χ4v) is 3.39. The van der Waals surface area contributed by atoms with Crippen LogP contribution in [-0.2, 0) is 0 Å². The van der Waals surface area contributed by atoms with Crippen LogP contribution >= 0.6 is 0 Å². The second-order valence-corrected chi connectivity index (χ2v) is 7.48. The Balaban J connectivity index is 0.000000360. The monoisotopic (exact) mass is 400 g/mol. The fraction of sp³-hybridized carbons (Fsp3) is 0.455. The smallest absolute Gasteiger partial charge is 0.326 e. The molecule has 1 saturated heterocycles. The number of aliphatic imine (C=N–C) groups is 1. The molecule has 1 aliphatic rings. The van der Waals surface area contributed by atoms with Crippen LogP contribution in [0.15, 0.2) is 40.3 Å². The molecular formula is C22H32N4O3. The molecule has 0 radical (unpaired) electrons. The second-order valence-electron chi connectivity index (χ2n) is 7.48. The van der Waals surface area contributed by atoms with E-state index in [1.165, 1.54) is 48.7 Å². The third kappa shape index (κ3) is 5.84. The minimum Gasteiger partial charge on any atom is -0.508 e. The molecule has 7 heteroatoms. The number of hydrogen-bond donors (Lipinski definition) is 4. The van der Waals surface area contributed by atoms with Crippen LogP contribution in [0.1, 0.15) is 56.6 Å². The molecule has 0 saturated carbocycles. The first-order chi connectivity index (χ1) is 13.7. The number of hydrogen-bond acceptors (Lipinski definition) is 5. The topological polar surface area (TPSA) is 103 Å². The molecule has 2 atom stereocenters. The highest BCUT2D eigenvalue weighted by Crippen LogP contribution is 2.30. The van der Waals surface area contributed by atoms with E-state index in [9.17, 15) is 15.0 Å². The maximum absolute atomic E-state index is 12.2. The van der Waals surface area contributed by atoms with Gasteiger partial charge in [0.1, 0.15) is 11.5 Å². The number of rotatable bonds is 5. The number of allylic oxidation sites excluding steroid dienone is 1. The molecule has 1 aromatic carbocycles. The third-order valence-electron chi connectivity index (χ3n) is 5.21. The molecule has 158 valence electrons. The first kappa shape index (κ1) is 22.5. The van der Waals surface area contributed by atoms with E-state index in [4.69, 9.17) is 0 Å². The predicted octanol–water partition coefficient (Wildman–Crippen LogP) is 3.46. The standard InChI is InChI=1S/C16H19N3O3.C6H13N/c1-9(2)17-8-14-11(4)19(16(22)18-14)10(3)13-7-12(20)5-6-15(13)21;1-2-6-3-4-7-5-6/h5-8,10,20-21H,1H2,2-4H3,(H,18,22);6-7H,2-5H2,1H3/t10-;6-/m11/s1. The van der Waals surface area contributed by atoms with E-state index in [2.05, 4.69) is 28.8 Å². The summed E-state index contributed by atoms with van der Waals surface area (Å²) in [5.41, 5.74) is 2.06. The Labute approximate surface area is 171 Å². The van der Waals surface area contributed by atoms with E-state index in [0.717, 1.165) is 5.92 Å². The van der Waals surface area contributed by atoms with Gasteiger partial charge in [-0.05, 0) is 64.4 Å². The summed E-state index contributed by atoms with van der Waals surface area (Å²) in [6.45, 7) is 13.8. The Bertz CT molecular complexity index is 921. The van der Waals surface area contributed by atoms with Crippen LogP contribution < -0.4 is 11.0 Å². The van der Waals surface area contributed by atoms with Gasteiger partial charge in [0.15, 0.2) is 0 Å². The molecule has 0 amide bonds. The zero-order chi connectivity index (χ0) is 21.6. The predicted molar refractivity (Wildman–Crippen MR) is 117 cm³/mol. The van der Waals surface area contributed by atoms with Crippen molar-refractivity contribution >= 4 is 6.21 Å². The number of phenols is 2. The van der Waals surface area contributed by atoms with Crippen LogP contribution in [0.3, 0.4) is 0 Å². The number of nitrogens with one attached hydrogen (secondary N) is 2. The number of aromatic hydroxyl groups is 2. The van der Waals surface area contributed by atoms with Crippen molar-refractivity contribution < 1.29 is 10.2 Å². The molecule has 0 spiro atoms. The molecule has 2 heterocycles. The Morgan fingerprint density at radius 2 is 2.17 bits per heavy atom. The zero-order valence-corrected chi connectivity index (χ0v) is 17.7. The Morgan fingerprint density at radius 1 is 1.45 bits per heavy atom. The van der Waals surface area contributed by atoms with Gasteiger partial charge in [-0.2, -0.15) is 0 Å². The van der Waals surface area contributed by atoms with Gasteiger partial charge >= 0.3 is 5.69 Å². The molecule has 7 nitrogen and oxygen atoms in total. The molecule has 0 aliphatic carbocycles. The highest BCUT2D eigenvalue weighted by Gasteiger charge is 2.19.